The molecule has 0 saturated carbocycles. The Balaban J connectivity index is 3.28. The van der Waals surface area contributed by atoms with E-state index in [1.165, 1.54) is 5.01 Å². The highest BCUT2D eigenvalue weighted by molar-refractivity contribution is 7.80. The smallest absolute Gasteiger partial charge is 0.183 e. The maximum absolute atomic E-state index is 5.31. The summed E-state index contributed by atoms with van der Waals surface area (Å²) in [5.41, 5.74) is 0. The largest absolute Gasteiger partial charge is 0.362 e. The van der Waals surface area contributed by atoms with Gasteiger partial charge < -0.3 is 5.32 Å². The van der Waals surface area contributed by atoms with Crippen molar-refractivity contribution in [2.24, 2.45) is 5.84 Å². The molecule has 0 rings (SSSR count). The summed E-state index contributed by atoms with van der Waals surface area (Å²) in [5.74, 6) is 5.31. The summed E-state index contributed by atoms with van der Waals surface area (Å²) in [7, 11) is 1.71. The van der Waals surface area contributed by atoms with Crippen molar-refractivity contribution < 1.29 is 0 Å². The maximum Gasteiger partial charge on any atom is 0.183 e. The molecule has 0 aromatic rings. The van der Waals surface area contributed by atoms with Crippen LogP contribution in [-0.2, 0) is 0 Å². The summed E-state index contributed by atoms with van der Waals surface area (Å²) in [4.78, 5) is 0. The molecule has 0 aromatic heterocycles. The van der Waals surface area contributed by atoms with Gasteiger partial charge in [0.05, 0.1) is 0 Å². The summed E-state index contributed by atoms with van der Waals surface area (Å²) in [6.07, 6.45) is 1.06. The molecule has 3 nitrogen and oxygen atoms in total. The highest BCUT2D eigenvalue weighted by atomic mass is 32.1. The lowest BCUT2D eigenvalue weighted by molar-refractivity contribution is 0.524. The van der Waals surface area contributed by atoms with Crippen molar-refractivity contribution in [1.29, 1.82) is 0 Å². The molecule has 0 aromatic carbocycles. The molecular weight excluding hydrogens is 134 g/mol. The van der Waals surface area contributed by atoms with Gasteiger partial charge in [-0.3, -0.25) is 5.01 Å². The zero-order valence-electron chi connectivity index (χ0n) is 5.85. The zero-order valence-corrected chi connectivity index (χ0v) is 6.66. The third-order valence-electron chi connectivity index (χ3n) is 0.847. The van der Waals surface area contributed by atoms with Gasteiger partial charge in [0.25, 0.3) is 0 Å². The average molecular weight is 147 g/mol. The zero-order chi connectivity index (χ0) is 7.28. The molecule has 0 heterocycles. The second kappa shape index (κ2) is 4.52. The molecule has 0 bridgehead atoms. The molecule has 4 heteroatoms. The molecule has 0 radical (unpaired) electrons. The Morgan fingerprint density at radius 1 is 1.78 bits per heavy atom. The van der Waals surface area contributed by atoms with Crippen molar-refractivity contribution in [3.05, 3.63) is 0 Å². The number of nitrogens with two attached hydrogens (primary N) is 1. The van der Waals surface area contributed by atoms with E-state index in [-0.39, 0.29) is 0 Å². The standard InChI is InChI=1S/C5H13N3S/c1-3-4-7-5(9)8(2)6/h3-4,6H2,1-2H3,(H,7,9). The van der Waals surface area contributed by atoms with Crippen LogP contribution in [0.15, 0.2) is 0 Å². The summed E-state index contributed by atoms with van der Waals surface area (Å²) < 4.78 is 0. The predicted molar refractivity (Wildman–Crippen MR) is 42.8 cm³/mol. The fraction of sp³-hybridized carbons (Fsp3) is 0.800. The van der Waals surface area contributed by atoms with Crippen molar-refractivity contribution in [3.63, 3.8) is 0 Å². The Hall–Kier alpha value is -0.350. The topological polar surface area (TPSA) is 41.3 Å². The Morgan fingerprint density at radius 2 is 2.33 bits per heavy atom. The third kappa shape index (κ3) is 4.17. The quantitative estimate of drug-likeness (QED) is 0.330. The van der Waals surface area contributed by atoms with Crippen LogP contribution in [0.3, 0.4) is 0 Å². The van der Waals surface area contributed by atoms with Crippen molar-refractivity contribution in [2.75, 3.05) is 13.6 Å². The van der Waals surface area contributed by atoms with Gasteiger partial charge in [-0.1, -0.05) is 6.92 Å². The van der Waals surface area contributed by atoms with Gasteiger partial charge in [0.1, 0.15) is 0 Å². The summed E-state index contributed by atoms with van der Waals surface area (Å²) >= 11 is 4.83. The van der Waals surface area contributed by atoms with Gasteiger partial charge in [0, 0.05) is 13.6 Å². The lowest BCUT2D eigenvalue weighted by atomic mass is 10.5. The van der Waals surface area contributed by atoms with Gasteiger partial charge in [-0.2, -0.15) is 0 Å². The van der Waals surface area contributed by atoms with Crippen LogP contribution in [0.1, 0.15) is 13.3 Å². The number of rotatable bonds is 2. The Morgan fingerprint density at radius 3 is 2.67 bits per heavy atom. The van der Waals surface area contributed by atoms with Crippen LogP contribution >= 0.6 is 12.2 Å². The van der Waals surface area contributed by atoms with Gasteiger partial charge in [-0.25, -0.2) is 5.84 Å². The van der Waals surface area contributed by atoms with Crippen LogP contribution < -0.4 is 11.2 Å². The van der Waals surface area contributed by atoms with Crippen molar-refractivity contribution in [1.82, 2.24) is 10.3 Å². The molecule has 9 heavy (non-hydrogen) atoms. The number of nitrogens with one attached hydrogen (secondary N) is 1. The van der Waals surface area contributed by atoms with E-state index in [1.54, 1.807) is 7.05 Å². The second-order valence-corrected chi connectivity index (χ2v) is 2.23. The van der Waals surface area contributed by atoms with E-state index in [2.05, 4.69) is 12.2 Å². The van der Waals surface area contributed by atoms with Crippen molar-refractivity contribution in [3.8, 4) is 0 Å². The van der Waals surface area contributed by atoms with Crippen LogP contribution in [0.2, 0.25) is 0 Å². The van der Waals surface area contributed by atoms with Crippen LogP contribution in [-0.4, -0.2) is 23.7 Å². The Labute approximate surface area is 61.2 Å². The SMILES string of the molecule is CCCNC(=S)N(C)N. The van der Waals surface area contributed by atoms with Crippen LogP contribution in [0, 0.1) is 0 Å². The van der Waals surface area contributed by atoms with Gasteiger partial charge in [0.2, 0.25) is 0 Å². The van der Waals surface area contributed by atoms with E-state index in [0.717, 1.165) is 13.0 Å². The Kier molecular flexibility index (Phi) is 4.35. The third-order valence-corrected chi connectivity index (χ3v) is 1.28. The average Bonchev–Trinajstić information content (AvgIpc) is 1.82. The molecule has 0 aliphatic carbocycles. The normalized spacial score (nSPS) is 8.78. The van der Waals surface area contributed by atoms with Gasteiger partial charge in [0.15, 0.2) is 5.11 Å². The monoisotopic (exact) mass is 147 g/mol. The van der Waals surface area contributed by atoms with Crippen LogP contribution in [0.5, 0.6) is 0 Å². The summed E-state index contributed by atoms with van der Waals surface area (Å²) in [5, 5.41) is 4.95. The molecule has 0 unspecified atom stereocenters. The van der Waals surface area contributed by atoms with E-state index in [1.807, 2.05) is 0 Å². The summed E-state index contributed by atoms with van der Waals surface area (Å²) in [6, 6.07) is 0. The minimum atomic E-state index is 0.594. The lowest BCUT2D eigenvalue weighted by Crippen LogP contribution is -2.41. The fourth-order valence-electron chi connectivity index (χ4n) is 0.357. The molecule has 0 fully saturated rings. The first-order valence-electron chi connectivity index (χ1n) is 2.94. The number of thiocarbonyl (C=S) groups is 1. The van der Waals surface area contributed by atoms with Crippen molar-refractivity contribution >= 4 is 17.3 Å². The van der Waals surface area contributed by atoms with Crippen LogP contribution in [0.4, 0.5) is 0 Å². The van der Waals surface area contributed by atoms with E-state index in [4.69, 9.17) is 18.1 Å². The minimum absolute atomic E-state index is 0.594. The Bertz CT molecular complexity index is 92.2. The maximum atomic E-state index is 5.31. The summed E-state index contributed by atoms with van der Waals surface area (Å²) in [6.45, 7) is 2.96. The van der Waals surface area contributed by atoms with E-state index in [0.29, 0.717) is 5.11 Å². The number of nitrogens with zero attached hydrogens (tertiary/aromatic N) is 1. The molecule has 0 aliphatic heterocycles. The fourth-order valence-corrected chi connectivity index (χ4v) is 0.459. The number of hydrogen-bond acceptors (Lipinski definition) is 2. The first-order chi connectivity index (χ1) is 4.18. The highest BCUT2D eigenvalue weighted by Gasteiger charge is 1.93. The van der Waals surface area contributed by atoms with E-state index >= 15 is 0 Å². The lowest BCUT2D eigenvalue weighted by Gasteiger charge is -2.13. The number of hydrogen-bond donors (Lipinski definition) is 2. The molecule has 54 valence electrons. The number of hydrazine groups is 1. The first kappa shape index (κ1) is 8.65. The van der Waals surface area contributed by atoms with E-state index in [9.17, 15) is 0 Å². The predicted octanol–water partition coefficient (Wildman–Crippen LogP) is 0.0764. The minimum Gasteiger partial charge on any atom is -0.362 e. The van der Waals surface area contributed by atoms with Gasteiger partial charge in [-0.05, 0) is 18.6 Å². The molecule has 0 amide bonds. The van der Waals surface area contributed by atoms with Crippen LogP contribution in [0.25, 0.3) is 0 Å². The molecule has 0 atom stereocenters. The molecule has 0 saturated heterocycles. The highest BCUT2D eigenvalue weighted by Crippen LogP contribution is 1.75. The first-order valence-corrected chi connectivity index (χ1v) is 3.35. The second-order valence-electron chi connectivity index (χ2n) is 1.84. The van der Waals surface area contributed by atoms with Gasteiger partial charge >= 0.3 is 0 Å². The van der Waals surface area contributed by atoms with E-state index < -0.39 is 0 Å². The van der Waals surface area contributed by atoms with Crippen molar-refractivity contribution in [2.45, 2.75) is 13.3 Å². The molecule has 0 aliphatic rings. The molecule has 0 spiro atoms. The molecule has 3 N–H and O–H groups in total. The molecular formula is C5H13N3S. The van der Waals surface area contributed by atoms with Gasteiger partial charge in [-0.15, -0.1) is 0 Å².